The standard InChI is InChI=1S/C16H13F6N3O2S/c17-15(18,19)8-5-9(16(20,21)22)7-10(6-8)23-13-11(12(26)24-28-13)14(27)25-3-1-2-4-25/h5-7,23H,1-4H2,(H,24,26). The van der Waals surface area contributed by atoms with Gasteiger partial charge in [0, 0.05) is 18.8 Å². The third-order valence-corrected chi connectivity index (χ3v) is 4.95. The molecule has 28 heavy (non-hydrogen) atoms. The monoisotopic (exact) mass is 425 g/mol. The van der Waals surface area contributed by atoms with Crippen LogP contribution in [0.3, 0.4) is 0 Å². The molecular formula is C16H13F6N3O2S. The number of halogens is 6. The highest BCUT2D eigenvalue weighted by Gasteiger charge is 2.37. The smallest absolute Gasteiger partial charge is 0.345 e. The fraction of sp³-hybridized carbons (Fsp3) is 0.375. The van der Waals surface area contributed by atoms with Crippen LogP contribution in [0, 0.1) is 0 Å². The Balaban J connectivity index is 2.00. The van der Waals surface area contributed by atoms with Crippen molar-refractivity contribution in [1.29, 1.82) is 0 Å². The van der Waals surface area contributed by atoms with Gasteiger partial charge in [-0.1, -0.05) is 0 Å². The quantitative estimate of drug-likeness (QED) is 0.714. The minimum atomic E-state index is -5.00. The number of hydrogen-bond donors (Lipinski definition) is 2. The van der Waals surface area contributed by atoms with Crippen molar-refractivity contribution in [2.24, 2.45) is 0 Å². The molecule has 5 nitrogen and oxygen atoms in total. The number of aromatic nitrogens is 1. The van der Waals surface area contributed by atoms with Crippen LogP contribution in [0.25, 0.3) is 0 Å². The normalized spacial score (nSPS) is 15.1. The predicted molar refractivity (Wildman–Crippen MR) is 89.8 cm³/mol. The van der Waals surface area contributed by atoms with Crippen molar-refractivity contribution in [3.63, 3.8) is 0 Å². The number of benzene rings is 1. The minimum absolute atomic E-state index is 0.00104. The van der Waals surface area contributed by atoms with Gasteiger partial charge in [-0.2, -0.15) is 26.3 Å². The van der Waals surface area contributed by atoms with E-state index in [1.165, 1.54) is 4.90 Å². The first kappa shape index (κ1) is 20.2. The van der Waals surface area contributed by atoms with Gasteiger partial charge in [0.25, 0.3) is 11.5 Å². The van der Waals surface area contributed by atoms with E-state index in [0.29, 0.717) is 36.8 Å². The summed E-state index contributed by atoms with van der Waals surface area (Å²) in [6, 6.07) is 0.980. The van der Waals surface area contributed by atoms with Crippen molar-refractivity contribution in [3.05, 3.63) is 45.2 Å². The molecule has 1 aromatic carbocycles. The second-order valence-electron chi connectivity index (χ2n) is 6.16. The molecule has 1 aliphatic rings. The molecule has 1 saturated heterocycles. The average molecular weight is 425 g/mol. The lowest BCUT2D eigenvalue weighted by Crippen LogP contribution is -2.31. The number of carbonyl (C=O) groups is 1. The summed E-state index contributed by atoms with van der Waals surface area (Å²) in [4.78, 5) is 25.9. The number of amides is 1. The predicted octanol–water partition coefficient (Wildman–Crippen LogP) is 4.45. The molecule has 0 spiro atoms. The van der Waals surface area contributed by atoms with Gasteiger partial charge < -0.3 is 10.2 Å². The largest absolute Gasteiger partial charge is 0.416 e. The Morgan fingerprint density at radius 2 is 1.54 bits per heavy atom. The third kappa shape index (κ3) is 4.16. The van der Waals surface area contributed by atoms with E-state index < -0.39 is 40.6 Å². The Bertz CT molecular complexity index is 909. The van der Waals surface area contributed by atoms with Crippen molar-refractivity contribution < 1.29 is 31.1 Å². The SMILES string of the molecule is O=C(c1c(Nc2cc(C(F)(F)F)cc(C(F)(F)F)c2)s[nH]c1=O)N1CCCC1. The van der Waals surface area contributed by atoms with Gasteiger partial charge in [0.1, 0.15) is 10.6 Å². The fourth-order valence-electron chi connectivity index (χ4n) is 2.82. The second-order valence-corrected chi connectivity index (χ2v) is 6.97. The summed E-state index contributed by atoms with van der Waals surface area (Å²) in [6.45, 7) is 0.852. The molecule has 12 heteroatoms. The lowest BCUT2D eigenvalue weighted by atomic mass is 10.1. The first-order valence-electron chi connectivity index (χ1n) is 8.04. The van der Waals surface area contributed by atoms with Crippen molar-refractivity contribution in [2.75, 3.05) is 18.4 Å². The molecule has 0 radical (unpaired) electrons. The van der Waals surface area contributed by atoms with Crippen LogP contribution in [0.1, 0.15) is 34.3 Å². The number of aromatic amines is 1. The van der Waals surface area contributed by atoms with Crippen LogP contribution in [-0.2, 0) is 12.4 Å². The molecule has 2 aromatic rings. The second kappa shape index (κ2) is 7.15. The average Bonchev–Trinajstić information content (AvgIpc) is 3.23. The zero-order chi connectivity index (χ0) is 20.7. The fourth-order valence-corrected chi connectivity index (χ4v) is 3.57. The lowest BCUT2D eigenvalue weighted by molar-refractivity contribution is -0.143. The molecule has 1 aromatic heterocycles. The van der Waals surface area contributed by atoms with Gasteiger partial charge in [-0.3, -0.25) is 14.0 Å². The van der Waals surface area contributed by atoms with E-state index in [1.807, 2.05) is 0 Å². The number of nitrogens with one attached hydrogen (secondary N) is 2. The Morgan fingerprint density at radius 1 is 1.00 bits per heavy atom. The molecule has 0 bridgehead atoms. The van der Waals surface area contributed by atoms with E-state index in [4.69, 9.17) is 0 Å². The van der Waals surface area contributed by atoms with Gasteiger partial charge in [0.2, 0.25) is 0 Å². The van der Waals surface area contributed by atoms with Gasteiger partial charge in [-0.25, -0.2) is 0 Å². The van der Waals surface area contributed by atoms with Crippen LogP contribution in [0.4, 0.5) is 37.0 Å². The van der Waals surface area contributed by atoms with Crippen LogP contribution in [0.5, 0.6) is 0 Å². The van der Waals surface area contributed by atoms with Crippen LogP contribution in [0.2, 0.25) is 0 Å². The molecule has 1 fully saturated rings. The topological polar surface area (TPSA) is 65.2 Å². The molecule has 2 heterocycles. The van der Waals surface area contributed by atoms with Gasteiger partial charge in [0.15, 0.2) is 0 Å². The van der Waals surface area contributed by atoms with Crippen molar-refractivity contribution in [3.8, 4) is 0 Å². The third-order valence-electron chi connectivity index (χ3n) is 4.15. The van der Waals surface area contributed by atoms with Crippen LogP contribution in [0.15, 0.2) is 23.0 Å². The number of alkyl halides is 6. The molecule has 0 saturated carbocycles. The number of nitrogens with zero attached hydrogens (tertiary/aromatic N) is 1. The zero-order valence-electron chi connectivity index (χ0n) is 14.0. The number of hydrogen-bond acceptors (Lipinski definition) is 4. The number of anilines is 2. The van der Waals surface area contributed by atoms with E-state index >= 15 is 0 Å². The van der Waals surface area contributed by atoms with E-state index in [0.717, 1.165) is 12.8 Å². The summed E-state index contributed by atoms with van der Waals surface area (Å²) in [5.41, 5.74) is -4.63. The zero-order valence-corrected chi connectivity index (χ0v) is 14.8. The molecular weight excluding hydrogens is 412 g/mol. The molecule has 0 unspecified atom stereocenters. The maximum Gasteiger partial charge on any atom is 0.416 e. The van der Waals surface area contributed by atoms with E-state index in [1.54, 1.807) is 0 Å². The summed E-state index contributed by atoms with van der Waals surface area (Å²) in [7, 11) is 0. The maximum absolute atomic E-state index is 13.0. The van der Waals surface area contributed by atoms with Crippen molar-refractivity contribution in [2.45, 2.75) is 25.2 Å². The molecule has 1 aliphatic heterocycles. The van der Waals surface area contributed by atoms with E-state index in [9.17, 15) is 35.9 Å². The highest BCUT2D eigenvalue weighted by Crippen LogP contribution is 2.38. The summed E-state index contributed by atoms with van der Waals surface area (Å²) >= 11 is 0.626. The van der Waals surface area contributed by atoms with Crippen molar-refractivity contribution >= 4 is 28.1 Å². The minimum Gasteiger partial charge on any atom is -0.345 e. The Labute approximate surface area is 158 Å². The van der Waals surface area contributed by atoms with Crippen LogP contribution in [-0.4, -0.2) is 28.3 Å². The van der Waals surface area contributed by atoms with Gasteiger partial charge in [0.05, 0.1) is 11.1 Å². The Hall–Kier alpha value is -2.50. The molecule has 3 rings (SSSR count). The van der Waals surface area contributed by atoms with E-state index in [2.05, 4.69) is 9.69 Å². The molecule has 0 atom stereocenters. The van der Waals surface area contributed by atoms with Gasteiger partial charge in [-0.05, 0) is 42.6 Å². The molecule has 0 aliphatic carbocycles. The lowest BCUT2D eigenvalue weighted by Gasteiger charge is -2.16. The summed E-state index contributed by atoms with van der Waals surface area (Å²) in [5.74, 6) is -0.620. The van der Waals surface area contributed by atoms with Crippen LogP contribution < -0.4 is 10.9 Å². The maximum atomic E-state index is 13.0. The summed E-state index contributed by atoms with van der Waals surface area (Å²) in [6.07, 6.45) is -8.51. The molecule has 1 amide bonds. The first-order chi connectivity index (χ1) is 13.0. The molecule has 152 valence electrons. The van der Waals surface area contributed by atoms with Gasteiger partial charge >= 0.3 is 12.4 Å². The van der Waals surface area contributed by atoms with Gasteiger partial charge in [-0.15, -0.1) is 0 Å². The first-order valence-corrected chi connectivity index (χ1v) is 8.85. The Kier molecular flexibility index (Phi) is 5.17. The summed E-state index contributed by atoms with van der Waals surface area (Å²) < 4.78 is 80.2. The Morgan fingerprint density at radius 3 is 2.04 bits per heavy atom. The van der Waals surface area contributed by atoms with E-state index in [-0.39, 0.29) is 16.6 Å². The number of likely N-dealkylation sites (tertiary alicyclic amines) is 1. The molecule has 2 N–H and O–H groups in total. The summed E-state index contributed by atoms with van der Waals surface area (Å²) in [5, 5.41) is 2.22. The number of carbonyl (C=O) groups excluding carboxylic acids is 1. The number of H-pyrrole nitrogens is 1. The van der Waals surface area contributed by atoms with Crippen LogP contribution >= 0.6 is 11.5 Å². The highest BCUT2D eigenvalue weighted by molar-refractivity contribution is 7.10. The van der Waals surface area contributed by atoms with Crippen molar-refractivity contribution in [1.82, 2.24) is 9.27 Å². The highest BCUT2D eigenvalue weighted by atomic mass is 32.1. The number of rotatable bonds is 3.